The van der Waals surface area contributed by atoms with Gasteiger partial charge in [-0.25, -0.2) is 4.79 Å². The Morgan fingerprint density at radius 2 is 2.19 bits per heavy atom. The van der Waals surface area contributed by atoms with Gasteiger partial charge in [-0.2, -0.15) is 0 Å². The van der Waals surface area contributed by atoms with E-state index in [0.717, 1.165) is 19.4 Å². The van der Waals surface area contributed by atoms with Crippen LogP contribution in [0.25, 0.3) is 0 Å². The van der Waals surface area contributed by atoms with Gasteiger partial charge in [0.15, 0.2) is 6.61 Å². The number of fused-ring (bicyclic) bond motifs is 1. The number of primary amides is 1. The summed E-state index contributed by atoms with van der Waals surface area (Å²) in [6.07, 6.45) is 1.77. The largest absolute Gasteiger partial charge is 0.482 e. The lowest BCUT2D eigenvalue weighted by Gasteiger charge is -2.31. The van der Waals surface area contributed by atoms with Crippen LogP contribution in [0, 0.1) is 5.92 Å². The molecule has 0 aromatic heterocycles. The van der Waals surface area contributed by atoms with Crippen molar-refractivity contribution < 1.29 is 19.1 Å². The molecule has 0 aliphatic carbocycles. The molecule has 0 bridgehead atoms. The van der Waals surface area contributed by atoms with Gasteiger partial charge in [-0.3, -0.25) is 9.59 Å². The first-order valence-corrected chi connectivity index (χ1v) is 9.04. The zero-order chi connectivity index (χ0) is 19.4. The number of nitrogens with one attached hydrogen (secondary N) is 2. The summed E-state index contributed by atoms with van der Waals surface area (Å²) < 4.78 is 5.37. The normalized spacial score (nSPS) is 19.8. The Bertz CT molecular complexity index is 738. The molecule has 0 unspecified atom stereocenters. The van der Waals surface area contributed by atoms with Gasteiger partial charge in [-0.15, -0.1) is 0 Å². The predicted molar refractivity (Wildman–Crippen MR) is 101 cm³/mol. The highest BCUT2D eigenvalue weighted by molar-refractivity contribution is 5.99. The van der Waals surface area contributed by atoms with Crippen LogP contribution in [-0.4, -0.2) is 62.6 Å². The van der Waals surface area contributed by atoms with Crippen LogP contribution in [-0.2, 0) is 9.59 Å². The Hall–Kier alpha value is -2.81. The molecule has 1 fully saturated rings. The fourth-order valence-electron chi connectivity index (χ4n) is 3.34. The average Bonchev–Trinajstić information content (AvgIpc) is 2.65. The summed E-state index contributed by atoms with van der Waals surface area (Å²) in [4.78, 5) is 38.8. The summed E-state index contributed by atoms with van der Waals surface area (Å²) in [5, 5.41) is 5.56. The number of amides is 4. The van der Waals surface area contributed by atoms with Gasteiger partial charge in [0.1, 0.15) is 5.75 Å². The molecule has 4 amide bonds. The van der Waals surface area contributed by atoms with Gasteiger partial charge in [0, 0.05) is 32.4 Å². The third kappa shape index (κ3) is 4.68. The standard InChI is InChI=1S/C18H25N5O4/c1-22-14-9-13(4-5-15(14)27-11-16(22)24)21-18(26)20-6-8-23-7-2-3-12(10-23)17(19)25/h4-5,9,12H,2-3,6-8,10-11H2,1H3,(H2,19,25)(H2,20,21,26)/t12-/m1/s1. The van der Waals surface area contributed by atoms with Crippen LogP contribution in [0.2, 0.25) is 0 Å². The van der Waals surface area contributed by atoms with E-state index in [0.29, 0.717) is 36.8 Å². The molecule has 3 rings (SSSR count). The molecule has 2 aliphatic rings. The molecule has 9 heteroatoms. The van der Waals surface area contributed by atoms with Gasteiger partial charge >= 0.3 is 6.03 Å². The number of hydrogen-bond donors (Lipinski definition) is 3. The number of carbonyl (C=O) groups is 3. The van der Waals surface area contributed by atoms with Crippen molar-refractivity contribution in [1.29, 1.82) is 0 Å². The van der Waals surface area contributed by atoms with Gasteiger partial charge in [0.2, 0.25) is 5.91 Å². The van der Waals surface area contributed by atoms with Crippen LogP contribution in [0.5, 0.6) is 5.75 Å². The molecule has 0 saturated carbocycles. The Labute approximate surface area is 157 Å². The molecule has 4 N–H and O–H groups in total. The van der Waals surface area contributed by atoms with Crippen molar-refractivity contribution in [2.75, 3.05) is 50.1 Å². The lowest BCUT2D eigenvalue weighted by atomic mass is 9.97. The number of likely N-dealkylation sites (N-methyl/N-ethyl adjacent to an activating group) is 1. The van der Waals surface area contributed by atoms with E-state index in [9.17, 15) is 14.4 Å². The fourth-order valence-corrected chi connectivity index (χ4v) is 3.34. The summed E-state index contributed by atoms with van der Waals surface area (Å²) in [6.45, 7) is 2.68. The Morgan fingerprint density at radius 3 is 2.96 bits per heavy atom. The number of hydrogen-bond acceptors (Lipinski definition) is 5. The highest BCUT2D eigenvalue weighted by Crippen LogP contribution is 2.33. The summed E-state index contributed by atoms with van der Waals surface area (Å²) in [6, 6.07) is 4.83. The SMILES string of the molecule is CN1C(=O)COc2ccc(NC(=O)NCCN3CCC[C@@H](C(N)=O)C3)cc21. The number of urea groups is 1. The molecule has 2 aliphatic heterocycles. The average molecular weight is 375 g/mol. The molecule has 1 atom stereocenters. The van der Waals surface area contributed by atoms with Crippen molar-refractivity contribution in [3.63, 3.8) is 0 Å². The quantitative estimate of drug-likeness (QED) is 0.687. The maximum Gasteiger partial charge on any atom is 0.319 e. The molecule has 146 valence electrons. The second-order valence-electron chi connectivity index (χ2n) is 6.85. The number of ether oxygens (including phenoxy) is 1. The molecule has 0 spiro atoms. The van der Waals surface area contributed by atoms with Gasteiger partial charge in [0.05, 0.1) is 11.6 Å². The Balaban J connectivity index is 1.47. The molecule has 2 heterocycles. The van der Waals surface area contributed by atoms with E-state index in [1.807, 2.05) is 0 Å². The molecule has 27 heavy (non-hydrogen) atoms. The van der Waals surface area contributed by atoms with Crippen LogP contribution < -0.4 is 26.0 Å². The summed E-state index contributed by atoms with van der Waals surface area (Å²) in [7, 11) is 1.67. The number of benzene rings is 1. The van der Waals surface area contributed by atoms with Crippen molar-refractivity contribution in [3.8, 4) is 5.75 Å². The highest BCUT2D eigenvalue weighted by atomic mass is 16.5. The first-order chi connectivity index (χ1) is 12.9. The van der Waals surface area contributed by atoms with Crippen molar-refractivity contribution in [3.05, 3.63) is 18.2 Å². The number of nitrogens with zero attached hydrogens (tertiary/aromatic N) is 2. The van der Waals surface area contributed by atoms with Gasteiger partial charge in [0.25, 0.3) is 5.91 Å². The van der Waals surface area contributed by atoms with Crippen molar-refractivity contribution >= 4 is 29.2 Å². The van der Waals surface area contributed by atoms with Gasteiger partial charge in [-0.05, 0) is 37.6 Å². The summed E-state index contributed by atoms with van der Waals surface area (Å²) >= 11 is 0. The minimum atomic E-state index is -0.330. The topological polar surface area (TPSA) is 117 Å². The van der Waals surface area contributed by atoms with E-state index in [1.165, 1.54) is 4.90 Å². The number of nitrogens with two attached hydrogens (primary N) is 1. The molecule has 0 radical (unpaired) electrons. The van der Waals surface area contributed by atoms with Crippen molar-refractivity contribution in [2.24, 2.45) is 11.7 Å². The van der Waals surface area contributed by atoms with E-state index >= 15 is 0 Å². The van der Waals surface area contributed by atoms with E-state index < -0.39 is 0 Å². The number of rotatable bonds is 5. The smallest absolute Gasteiger partial charge is 0.319 e. The monoisotopic (exact) mass is 375 g/mol. The Kier molecular flexibility index (Phi) is 5.80. The lowest BCUT2D eigenvalue weighted by molar-refractivity contribution is -0.123. The lowest BCUT2D eigenvalue weighted by Crippen LogP contribution is -2.44. The zero-order valence-corrected chi connectivity index (χ0v) is 15.4. The zero-order valence-electron chi connectivity index (χ0n) is 15.4. The number of likely N-dealkylation sites (tertiary alicyclic amines) is 1. The van der Waals surface area contributed by atoms with Crippen LogP contribution >= 0.6 is 0 Å². The molecule has 9 nitrogen and oxygen atoms in total. The highest BCUT2D eigenvalue weighted by Gasteiger charge is 2.24. The molecular weight excluding hydrogens is 350 g/mol. The predicted octanol–water partition coefficient (Wildman–Crippen LogP) is 0.361. The van der Waals surface area contributed by atoms with E-state index in [1.54, 1.807) is 25.2 Å². The summed E-state index contributed by atoms with van der Waals surface area (Å²) in [5.41, 5.74) is 6.57. The summed E-state index contributed by atoms with van der Waals surface area (Å²) in [5.74, 6) is 0.104. The van der Waals surface area contributed by atoms with Crippen molar-refractivity contribution in [1.82, 2.24) is 10.2 Å². The first-order valence-electron chi connectivity index (χ1n) is 9.04. The van der Waals surface area contributed by atoms with Crippen LogP contribution in [0.15, 0.2) is 18.2 Å². The van der Waals surface area contributed by atoms with E-state index in [2.05, 4.69) is 15.5 Å². The van der Waals surface area contributed by atoms with E-state index in [4.69, 9.17) is 10.5 Å². The Morgan fingerprint density at radius 1 is 1.37 bits per heavy atom. The van der Waals surface area contributed by atoms with Crippen molar-refractivity contribution in [2.45, 2.75) is 12.8 Å². The van der Waals surface area contributed by atoms with E-state index in [-0.39, 0.29) is 30.4 Å². The third-order valence-electron chi connectivity index (χ3n) is 4.92. The maximum absolute atomic E-state index is 12.1. The third-order valence-corrected chi connectivity index (χ3v) is 4.92. The molecule has 1 aromatic rings. The fraction of sp³-hybridized carbons (Fsp3) is 0.500. The van der Waals surface area contributed by atoms with Gasteiger partial charge < -0.3 is 30.9 Å². The second kappa shape index (κ2) is 8.26. The number of anilines is 2. The van der Waals surface area contributed by atoms with Crippen LogP contribution in [0.4, 0.5) is 16.2 Å². The molecular formula is C18H25N5O4. The minimum absolute atomic E-state index is 0.0177. The number of carbonyl (C=O) groups excluding carboxylic acids is 3. The maximum atomic E-state index is 12.1. The van der Waals surface area contributed by atoms with Crippen LogP contribution in [0.3, 0.4) is 0 Å². The minimum Gasteiger partial charge on any atom is -0.482 e. The first kappa shape index (κ1) is 19.0. The van der Waals surface area contributed by atoms with Crippen LogP contribution in [0.1, 0.15) is 12.8 Å². The second-order valence-corrected chi connectivity index (χ2v) is 6.85. The van der Waals surface area contributed by atoms with Gasteiger partial charge in [-0.1, -0.05) is 0 Å². The number of piperidine rings is 1. The molecule has 1 aromatic carbocycles. The molecule has 1 saturated heterocycles.